The van der Waals surface area contributed by atoms with E-state index in [9.17, 15) is 13.2 Å². The molecule has 2 atom stereocenters. The minimum Gasteiger partial charge on any atom is -0.493 e. The van der Waals surface area contributed by atoms with Gasteiger partial charge in [0, 0.05) is 29.4 Å². The van der Waals surface area contributed by atoms with Crippen LogP contribution in [0.2, 0.25) is 0 Å². The predicted octanol–water partition coefficient (Wildman–Crippen LogP) is 6.76. The van der Waals surface area contributed by atoms with Crippen LogP contribution in [0.1, 0.15) is 50.7 Å². The monoisotopic (exact) mass is 434 g/mol. The third-order valence-electron chi connectivity index (χ3n) is 5.30. The van der Waals surface area contributed by atoms with Crippen molar-refractivity contribution in [2.75, 3.05) is 19.8 Å². The fourth-order valence-corrected chi connectivity index (χ4v) is 3.63. The Hall–Kier alpha value is -2.31. The van der Waals surface area contributed by atoms with Crippen molar-refractivity contribution in [1.82, 2.24) is 0 Å². The van der Waals surface area contributed by atoms with Crippen molar-refractivity contribution in [3.8, 4) is 16.9 Å². The van der Waals surface area contributed by atoms with Gasteiger partial charge in [0.1, 0.15) is 11.6 Å². The number of rotatable bonds is 10. The Kier molecular flexibility index (Phi) is 8.55. The second-order valence-electron chi connectivity index (χ2n) is 7.64. The first-order valence-electron chi connectivity index (χ1n) is 10.8. The van der Waals surface area contributed by atoms with E-state index in [1.807, 2.05) is 6.92 Å². The third-order valence-corrected chi connectivity index (χ3v) is 5.30. The van der Waals surface area contributed by atoms with Gasteiger partial charge in [-0.2, -0.15) is 0 Å². The summed E-state index contributed by atoms with van der Waals surface area (Å²) in [7, 11) is 0. The van der Waals surface area contributed by atoms with E-state index in [1.54, 1.807) is 12.1 Å². The zero-order chi connectivity index (χ0) is 22.2. The average molecular weight is 434 g/mol. The largest absolute Gasteiger partial charge is 0.493 e. The Morgan fingerprint density at radius 3 is 2.55 bits per heavy atom. The number of unbranched alkanes of at least 4 members (excludes halogenated alkanes) is 1. The lowest BCUT2D eigenvalue weighted by atomic mass is 9.96. The molecule has 2 aromatic carbocycles. The molecule has 168 valence electrons. The van der Waals surface area contributed by atoms with Crippen molar-refractivity contribution in [3.63, 3.8) is 0 Å². The van der Waals surface area contributed by atoms with Crippen molar-refractivity contribution in [3.05, 3.63) is 66.0 Å². The highest BCUT2D eigenvalue weighted by molar-refractivity contribution is 5.66. The van der Waals surface area contributed by atoms with Gasteiger partial charge >= 0.3 is 0 Å². The van der Waals surface area contributed by atoms with Gasteiger partial charge in [0.15, 0.2) is 11.6 Å². The molecule has 3 rings (SSSR count). The minimum atomic E-state index is -1.08. The molecule has 1 fully saturated rings. The number of hydrogen-bond donors (Lipinski definition) is 0. The molecule has 1 heterocycles. The van der Waals surface area contributed by atoms with Gasteiger partial charge in [-0.3, -0.25) is 0 Å². The Morgan fingerprint density at radius 2 is 1.87 bits per heavy atom. The number of ether oxygens (including phenoxy) is 3. The summed E-state index contributed by atoms with van der Waals surface area (Å²) in [5.41, 5.74) is 0.00804. The van der Waals surface area contributed by atoms with Gasteiger partial charge in [0.2, 0.25) is 0 Å². The highest BCUT2D eigenvalue weighted by atomic mass is 19.2. The van der Waals surface area contributed by atoms with Gasteiger partial charge in [-0.15, -0.1) is 6.58 Å². The normalized spacial score (nSPS) is 18.7. The lowest BCUT2D eigenvalue weighted by Gasteiger charge is -2.29. The van der Waals surface area contributed by atoms with Gasteiger partial charge in [-0.05, 0) is 44.2 Å². The van der Waals surface area contributed by atoms with Crippen molar-refractivity contribution in [1.29, 1.82) is 0 Å². The van der Waals surface area contributed by atoms with E-state index in [4.69, 9.17) is 14.2 Å². The zero-order valence-electron chi connectivity index (χ0n) is 17.8. The summed E-state index contributed by atoms with van der Waals surface area (Å²) in [4.78, 5) is 0. The summed E-state index contributed by atoms with van der Waals surface area (Å²) in [6, 6.07) is 7.03. The number of benzene rings is 2. The van der Waals surface area contributed by atoms with Crippen LogP contribution in [-0.4, -0.2) is 25.9 Å². The molecule has 0 bridgehead atoms. The first kappa shape index (κ1) is 23.4. The molecule has 3 nitrogen and oxygen atoms in total. The molecule has 0 radical (unpaired) electrons. The van der Waals surface area contributed by atoms with E-state index in [-0.39, 0.29) is 22.8 Å². The highest BCUT2D eigenvalue weighted by Gasteiger charge is 2.28. The van der Waals surface area contributed by atoms with Gasteiger partial charge in [0.25, 0.3) is 0 Å². The van der Waals surface area contributed by atoms with Crippen LogP contribution >= 0.6 is 0 Å². The van der Waals surface area contributed by atoms with E-state index in [0.29, 0.717) is 32.0 Å². The van der Waals surface area contributed by atoms with Crippen LogP contribution in [0.5, 0.6) is 5.75 Å². The van der Waals surface area contributed by atoms with Gasteiger partial charge < -0.3 is 14.2 Å². The summed E-state index contributed by atoms with van der Waals surface area (Å²) in [6.07, 6.45) is 4.96. The summed E-state index contributed by atoms with van der Waals surface area (Å²) in [5, 5.41) is 0. The molecule has 0 amide bonds. The molecule has 2 aromatic rings. The van der Waals surface area contributed by atoms with Crippen LogP contribution in [0.4, 0.5) is 13.2 Å². The molecule has 0 saturated carbocycles. The van der Waals surface area contributed by atoms with Crippen molar-refractivity contribution >= 4 is 0 Å². The number of allylic oxidation sites excluding steroid dienone is 1. The van der Waals surface area contributed by atoms with E-state index < -0.39 is 23.6 Å². The summed E-state index contributed by atoms with van der Waals surface area (Å²) >= 11 is 0. The van der Waals surface area contributed by atoms with E-state index >= 15 is 0 Å². The molecule has 1 aliphatic heterocycles. The maximum atomic E-state index is 14.9. The van der Waals surface area contributed by atoms with Crippen LogP contribution in [0.3, 0.4) is 0 Å². The molecule has 2 unspecified atom stereocenters. The minimum absolute atomic E-state index is 0.0148. The molecule has 1 aliphatic rings. The molecule has 6 heteroatoms. The topological polar surface area (TPSA) is 27.7 Å². The van der Waals surface area contributed by atoms with Crippen molar-refractivity contribution in [2.24, 2.45) is 0 Å². The van der Waals surface area contributed by atoms with E-state index in [2.05, 4.69) is 6.58 Å². The standard InChI is InChI=1S/C25H29F3O3/c1-3-5-6-14-30-17-7-9-19(22(26)15-17)20-10-11-21(25(28)24(20)27)23-12-8-18(16-31-23)29-13-4-2/h3,7,9-11,15,18,23H,1,4-6,8,12-14,16H2,2H3. The fourth-order valence-electron chi connectivity index (χ4n) is 3.63. The van der Waals surface area contributed by atoms with Crippen molar-refractivity contribution in [2.45, 2.75) is 51.2 Å². The molecule has 31 heavy (non-hydrogen) atoms. The molecular weight excluding hydrogens is 405 g/mol. The summed E-state index contributed by atoms with van der Waals surface area (Å²) in [5.74, 6) is -2.40. The van der Waals surface area contributed by atoms with E-state index in [1.165, 1.54) is 24.3 Å². The second kappa shape index (κ2) is 11.3. The van der Waals surface area contributed by atoms with Crippen LogP contribution < -0.4 is 4.74 Å². The average Bonchev–Trinajstić information content (AvgIpc) is 2.78. The second-order valence-corrected chi connectivity index (χ2v) is 7.64. The van der Waals surface area contributed by atoms with Crippen molar-refractivity contribution < 1.29 is 27.4 Å². The van der Waals surface area contributed by atoms with Crippen LogP contribution in [-0.2, 0) is 9.47 Å². The third kappa shape index (κ3) is 5.89. The molecule has 0 spiro atoms. The smallest absolute Gasteiger partial charge is 0.167 e. The SMILES string of the molecule is C=CCCCOc1ccc(-c2ccc(C3CCC(OCCC)CO3)c(F)c2F)c(F)c1. The lowest BCUT2D eigenvalue weighted by Crippen LogP contribution is -2.28. The van der Waals surface area contributed by atoms with Crippen LogP contribution in [0.15, 0.2) is 43.0 Å². The predicted molar refractivity (Wildman–Crippen MR) is 115 cm³/mol. The zero-order valence-corrected chi connectivity index (χ0v) is 17.8. The Balaban J connectivity index is 1.71. The Morgan fingerprint density at radius 1 is 1.06 bits per heavy atom. The van der Waals surface area contributed by atoms with Crippen LogP contribution in [0.25, 0.3) is 11.1 Å². The Labute approximate surface area is 181 Å². The maximum Gasteiger partial charge on any atom is 0.167 e. The van der Waals surface area contributed by atoms with Gasteiger partial charge in [-0.1, -0.05) is 25.1 Å². The first-order chi connectivity index (χ1) is 15.0. The summed E-state index contributed by atoms with van der Waals surface area (Å²) < 4.78 is 61.2. The summed E-state index contributed by atoms with van der Waals surface area (Å²) in [6.45, 7) is 7.08. The van der Waals surface area contributed by atoms with Gasteiger partial charge in [0.05, 0.1) is 25.4 Å². The lowest BCUT2D eigenvalue weighted by molar-refractivity contribution is -0.0875. The molecule has 1 saturated heterocycles. The molecule has 0 aliphatic carbocycles. The molecular formula is C25H29F3O3. The first-order valence-corrected chi connectivity index (χ1v) is 10.8. The molecule has 0 N–H and O–H groups in total. The van der Waals surface area contributed by atoms with E-state index in [0.717, 1.165) is 25.7 Å². The maximum absolute atomic E-state index is 14.9. The molecule has 0 aromatic heterocycles. The quantitative estimate of drug-likeness (QED) is 0.305. The highest BCUT2D eigenvalue weighted by Crippen LogP contribution is 2.36. The Bertz CT molecular complexity index is 877. The van der Waals surface area contributed by atoms with Gasteiger partial charge in [-0.25, -0.2) is 13.2 Å². The number of halogens is 3. The number of hydrogen-bond acceptors (Lipinski definition) is 3. The fraction of sp³-hybridized carbons (Fsp3) is 0.440. The van der Waals surface area contributed by atoms with Crippen LogP contribution in [0, 0.1) is 17.5 Å².